The second-order valence-corrected chi connectivity index (χ2v) is 39.2. The molecule has 3 atom stereocenters. The molecule has 8 aromatic rings. The minimum Gasteiger partial charge on any atom is -0.502 e. The first-order valence-corrected chi connectivity index (χ1v) is 50.2. The van der Waals surface area contributed by atoms with Gasteiger partial charge in [0.05, 0.1) is 102 Å². The van der Waals surface area contributed by atoms with Crippen molar-refractivity contribution in [2.45, 2.75) is 130 Å². The number of carbonyl (C=O) groups excluding carboxylic acids is 5. The SMILES string of the molecule is CCOP(=O)(CCCN1C(=O)c2c(O)c(=O)c(C(=O)NCc3ccc(F)cc3F)cn2N(C)C12CCOC2)OCC.CCOP(=O)(CCCN1C(=O)c2c(OCc3ccccc3)c(=O)c(Br)cn2N(C)C12CCOC2)OCC.CCOP(=O)(CCCN1C(=O)c2c(OCc3ccccc3)c(=O)c(C(=O)NCc3ccc(F)cc3F)cn2N(C)C12CCOC2)OCC.NCc1ccc(F)cc1F. The van der Waals surface area contributed by atoms with E-state index in [0.717, 1.165) is 36.0 Å². The van der Waals surface area contributed by atoms with Crippen LogP contribution in [-0.4, -0.2) is 219 Å². The molecule has 0 radical (unpaired) electrons. The fraction of sp³-hybridized carbons (Fsp3) is 0.451. The Labute approximate surface area is 789 Å². The molecule has 3 fully saturated rings. The third-order valence-electron chi connectivity index (χ3n) is 23.5. The van der Waals surface area contributed by atoms with Crippen molar-refractivity contribution >= 4 is 68.3 Å². The number of amides is 5. The number of pyridine rings is 3. The predicted molar refractivity (Wildman–Crippen MR) is 493 cm³/mol. The highest BCUT2D eigenvalue weighted by Crippen LogP contribution is 2.52. The van der Waals surface area contributed by atoms with Gasteiger partial charge in [-0.05, 0) is 106 Å². The molecule has 14 rings (SSSR count). The van der Waals surface area contributed by atoms with Crippen LogP contribution < -0.4 is 57.2 Å². The van der Waals surface area contributed by atoms with E-state index in [2.05, 4.69) is 26.6 Å². The molecule has 0 bridgehead atoms. The molecule has 136 heavy (non-hydrogen) atoms. The van der Waals surface area contributed by atoms with Crippen molar-refractivity contribution in [1.82, 2.24) is 39.4 Å². The third kappa shape index (κ3) is 23.9. The van der Waals surface area contributed by atoms with Crippen LogP contribution in [0.2, 0.25) is 0 Å². The number of nitrogens with zero attached hydrogens (tertiary/aromatic N) is 9. The van der Waals surface area contributed by atoms with Gasteiger partial charge in [-0.2, -0.15) is 0 Å². The summed E-state index contributed by atoms with van der Waals surface area (Å²) in [4.78, 5) is 114. The number of aromatic nitrogens is 3. The molecule has 3 saturated heterocycles. The maximum absolute atomic E-state index is 14.5. The van der Waals surface area contributed by atoms with Crippen LogP contribution >= 0.6 is 38.7 Å². The number of hydrogen-bond acceptors (Lipinski definition) is 27. The molecule has 3 spiro atoms. The topological polar surface area (TPSA) is 394 Å². The van der Waals surface area contributed by atoms with Gasteiger partial charge < -0.3 is 87.0 Å². The minimum absolute atomic E-state index is 0.00903. The molecule has 0 aliphatic carbocycles. The number of carbonyl (C=O) groups is 5. The molecule has 5 N–H and O–H groups in total. The van der Waals surface area contributed by atoms with Gasteiger partial charge in [-0.15, -0.1) is 0 Å². The summed E-state index contributed by atoms with van der Waals surface area (Å²) in [6.07, 6.45) is 6.54. The van der Waals surface area contributed by atoms with Crippen LogP contribution in [0.15, 0.2) is 153 Å². The third-order valence-corrected chi connectivity index (χ3v) is 30.5. The van der Waals surface area contributed by atoms with E-state index >= 15 is 0 Å². The van der Waals surface area contributed by atoms with E-state index in [1.807, 2.05) is 48.5 Å². The Kier molecular flexibility index (Phi) is 36.8. The zero-order valence-electron chi connectivity index (χ0n) is 76.7. The van der Waals surface area contributed by atoms with E-state index in [4.69, 9.17) is 56.6 Å². The zero-order valence-corrected chi connectivity index (χ0v) is 81.0. The van der Waals surface area contributed by atoms with E-state index in [0.29, 0.717) is 75.4 Å². The smallest absolute Gasteiger partial charge is 0.330 e. The molecule has 9 heterocycles. The lowest BCUT2D eigenvalue weighted by Crippen LogP contribution is -2.70. The number of likely N-dealkylation sites (N-methyl/N-ethyl adjacent to an activating group) is 3. The average Bonchev–Trinajstić information content (AvgIpc) is 1.35. The average molecular weight is 2030 g/mol. The highest BCUT2D eigenvalue weighted by atomic mass is 79.9. The number of fused-ring (bicyclic) bond motifs is 3. The largest absolute Gasteiger partial charge is 0.502 e. The Balaban J connectivity index is 0.000000187. The van der Waals surface area contributed by atoms with Gasteiger partial charge in [0.2, 0.25) is 16.3 Å². The summed E-state index contributed by atoms with van der Waals surface area (Å²) in [5.41, 5.74) is 0.786. The van der Waals surface area contributed by atoms with Gasteiger partial charge in [-0.1, -0.05) is 78.9 Å². The first-order chi connectivity index (χ1) is 65.0. The van der Waals surface area contributed by atoms with Crippen LogP contribution in [0.5, 0.6) is 17.2 Å². The van der Waals surface area contributed by atoms with Crippen molar-refractivity contribution in [3.05, 3.63) is 260 Å². The second-order valence-electron chi connectivity index (χ2n) is 31.8. The Bertz CT molecular complexity index is 5910. The molecule has 5 amide bonds. The van der Waals surface area contributed by atoms with Crippen LogP contribution in [-0.2, 0) is 87.9 Å². The van der Waals surface area contributed by atoms with Gasteiger partial charge in [-0.25, -0.2) is 26.3 Å². The first-order valence-electron chi connectivity index (χ1n) is 44.2. The van der Waals surface area contributed by atoms with Crippen LogP contribution in [0, 0.1) is 34.9 Å². The van der Waals surface area contributed by atoms with E-state index in [-0.39, 0.29) is 192 Å². The molecular weight excluding hydrogens is 1920 g/mol. The number of hydrogen-bond donors (Lipinski definition) is 4. The number of nitrogens with two attached hydrogens (primary N) is 1. The van der Waals surface area contributed by atoms with Crippen molar-refractivity contribution in [2.75, 3.05) is 154 Å². The molecule has 45 heteroatoms. The summed E-state index contributed by atoms with van der Waals surface area (Å²) in [5, 5.41) is 21.0. The minimum atomic E-state index is -3.39. The summed E-state index contributed by atoms with van der Waals surface area (Å²) < 4.78 is 185. The quantitative estimate of drug-likeness (QED) is 0.0207. The standard InChI is InChI=1S/C33H39F2N4O8P.C26H33F2N4O8P.C25H33BrN3O7P.C7H7F2N/c1-4-46-48(43,47-5-2)17-9-15-38-32(42)28-30(45-21-23-10-7-6-8-11-23)29(40)26(20-39(28)37(3)33(38)14-16-44-22-33)31(41)36-19-24-12-13-25(34)18-27(24)35;1-4-39-41(37,40-5-2)12-6-10-31-25(36)21-23(34)22(33)19(15-32(21)30(3)26(31)9-11-38-16-26)24(35)29-14-17-7-8-18(27)13-20(17)28;1-4-35-37(32,36-5-2)15-9-13-28-24(31)21-23(34-17-19-10-7-6-8-11-19)22(30)20(26)16-29(21)27(3)25(28)12-14-33-18-25;8-6-2-1-5(4-10)7(9)3-6/h6-8,10-13,18,20H,4-5,9,14-17,19,21-22H2,1-3H3,(H,36,41);7-8,13,15,34H,4-6,9-12,14,16H2,1-3H3,(H,29,35);6-8,10-11,16H,4-5,9,12-15,17-18H2,1-3H3;1-3H,4,10H2. The van der Waals surface area contributed by atoms with Gasteiger partial charge in [0.1, 0.15) is 59.2 Å². The lowest BCUT2D eigenvalue weighted by Gasteiger charge is -2.52. The van der Waals surface area contributed by atoms with Crippen LogP contribution in [0.1, 0.15) is 160 Å². The Hall–Kier alpha value is -10.6. The molecule has 738 valence electrons. The number of nitrogens with one attached hydrogen (secondary N) is 2. The molecule has 3 aromatic heterocycles. The molecular formula is C91H112BrF6N12O23P3. The van der Waals surface area contributed by atoms with Crippen molar-refractivity contribution in [2.24, 2.45) is 5.73 Å². The number of rotatable bonds is 37. The Morgan fingerprint density at radius 3 is 1.09 bits per heavy atom. The summed E-state index contributed by atoms with van der Waals surface area (Å²) >= 11 is 3.35. The Morgan fingerprint density at radius 2 is 0.765 bits per heavy atom. The van der Waals surface area contributed by atoms with Crippen LogP contribution in [0.25, 0.3) is 0 Å². The van der Waals surface area contributed by atoms with E-state index in [9.17, 15) is 83.5 Å². The lowest BCUT2D eigenvalue weighted by molar-refractivity contribution is 0.0216. The van der Waals surface area contributed by atoms with Crippen molar-refractivity contribution < 1.29 is 120 Å². The summed E-state index contributed by atoms with van der Waals surface area (Å²) in [6.45, 7) is 13.4. The number of ether oxygens (including phenoxy) is 5. The van der Waals surface area contributed by atoms with Crippen molar-refractivity contribution in [3.8, 4) is 17.2 Å². The molecule has 35 nitrogen and oxygen atoms in total. The van der Waals surface area contributed by atoms with Gasteiger partial charge >= 0.3 is 22.8 Å². The summed E-state index contributed by atoms with van der Waals surface area (Å²) in [7, 11) is -4.84. The van der Waals surface area contributed by atoms with Crippen molar-refractivity contribution in [1.29, 1.82) is 0 Å². The molecule has 0 saturated carbocycles. The molecule has 6 aliphatic heterocycles. The highest BCUT2D eigenvalue weighted by Gasteiger charge is 2.56. The second kappa shape index (κ2) is 47.2. The lowest BCUT2D eigenvalue weighted by atomic mass is 10.0. The van der Waals surface area contributed by atoms with Crippen LogP contribution in [0.3, 0.4) is 0 Å². The van der Waals surface area contributed by atoms with Crippen molar-refractivity contribution in [3.63, 3.8) is 0 Å². The Morgan fingerprint density at radius 1 is 0.449 bits per heavy atom. The molecule has 3 unspecified atom stereocenters. The van der Waals surface area contributed by atoms with Gasteiger partial charge in [-0.3, -0.25) is 81.1 Å². The van der Waals surface area contributed by atoms with E-state index in [1.54, 1.807) is 111 Å². The first kappa shape index (κ1) is 106. The maximum atomic E-state index is 14.5. The number of aromatic hydroxyl groups is 1. The van der Waals surface area contributed by atoms with Gasteiger partial charge in [0.25, 0.3) is 29.5 Å². The van der Waals surface area contributed by atoms with Gasteiger partial charge in [0, 0.05) is 133 Å². The zero-order chi connectivity index (χ0) is 98.6. The van der Waals surface area contributed by atoms with Crippen LogP contribution in [0.4, 0.5) is 26.3 Å². The normalized spacial score (nSPS) is 17.9. The van der Waals surface area contributed by atoms with E-state index < -0.39 is 126 Å². The summed E-state index contributed by atoms with van der Waals surface area (Å²) in [6, 6.07) is 27.6. The number of benzene rings is 5. The molecule has 5 aromatic carbocycles. The fourth-order valence-electron chi connectivity index (χ4n) is 16.6. The van der Waals surface area contributed by atoms with E-state index in [1.165, 1.54) is 38.6 Å². The monoisotopic (exact) mass is 2030 g/mol. The maximum Gasteiger partial charge on any atom is 0.330 e. The fourth-order valence-corrected chi connectivity index (χ4v) is 21.9. The summed E-state index contributed by atoms with van der Waals surface area (Å²) in [5.74, 6) is -9.05. The highest BCUT2D eigenvalue weighted by molar-refractivity contribution is 9.10. The molecule has 6 aliphatic rings. The van der Waals surface area contributed by atoms with Gasteiger partial charge in [0.15, 0.2) is 51.3 Å². The number of halogens is 7. The predicted octanol–water partition coefficient (Wildman–Crippen LogP) is 12.4.